The molecule has 0 fully saturated rings. The molecule has 0 saturated heterocycles. The Morgan fingerprint density at radius 2 is 1.43 bits per heavy atom. The molecule has 0 saturated carbocycles. The second kappa shape index (κ2) is 9.09. The molecule has 1 aromatic heterocycles. The summed E-state index contributed by atoms with van der Waals surface area (Å²) in [7, 11) is 0. The Bertz CT molecular complexity index is 948. The zero-order valence-electron chi connectivity index (χ0n) is 18.9. The van der Waals surface area contributed by atoms with Crippen molar-refractivity contribution in [1.82, 2.24) is 4.98 Å². The van der Waals surface area contributed by atoms with Crippen molar-refractivity contribution in [2.75, 3.05) is 0 Å². The van der Waals surface area contributed by atoms with Crippen LogP contribution in [0.3, 0.4) is 0 Å². The molecule has 3 rings (SSSR count). The molecule has 0 radical (unpaired) electrons. The van der Waals surface area contributed by atoms with Gasteiger partial charge in [0.15, 0.2) is 0 Å². The quantitative estimate of drug-likeness (QED) is 0.358. The van der Waals surface area contributed by atoms with E-state index in [2.05, 4.69) is 81.6 Å². The molecule has 0 atom stereocenters. The number of benzene rings is 2. The first kappa shape index (κ1) is 19.4. The third kappa shape index (κ3) is 4.10. The van der Waals surface area contributed by atoms with Crippen molar-refractivity contribution in [3.05, 3.63) is 72.4 Å². The molecule has 0 N–H and O–H groups in total. The molecule has 0 spiro atoms. The van der Waals surface area contributed by atoms with Crippen LogP contribution in [0.15, 0.2) is 66.9 Å². The summed E-state index contributed by atoms with van der Waals surface area (Å²) < 4.78 is 10.3. The van der Waals surface area contributed by atoms with Crippen molar-refractivity contribution < 1.29 is 1.37 Å². The normalized spacial score (nSPS) is 12.7. The van der Waals surface area contributed by atoms with Gasteiger partial charge < -0.3 is 0 Å². The van der Waals surface area contributed by atoms with E-state index in [0.29, 0.717) is 0 Å². The molecule has 3 aromatic rings. The Hall–Kier alpha value is -1.87. The monoisotopic (exact) mass is 434 g/mol. The molecule has 0 amide bonds. The van der Waals surface area contributed by atoms with Crippen LogP contribution in [0.2, 0.25) is 15.8 Å². The van der Waals surface area contributed by atoms with E-state index in [9.17, 15) is 0 Å². The predicted molar refractivity (Wildman–Crippen MR) is 126 cm³/mol. The van der Waals surface area contributed by atoms with E-state index in [1.54, 1.807) is 0 Å². The Morgan fingerprint density at radius 1 is 0.821 bits per heavy atom. The van der Waals surface area contributed by atoms with Gasteiger partial charge in [-0.3, -0.25) is 0 Å². The number of hydrogen-bond donors (Lipinski definition) is 0. The van der Waals surface area contributed by atoms with Gasteiger partial charge in [0.25, 0.3) is 0 Å². The van der Waals surface area contributed by atoms with Crippen molar-refractivity contribution in [1.29, 1.82) is 0 Å². The van der Waals surface area contributed by atoms with Crippen molar-refractivity contribution in [3.63, 3.8) is 0 Å². The van der Waals surface area contributed by atoms with E-state index in [1.807, 2.05) is 19.9 Å². The van der Waals surface area contributed by atoms with Crippen molar-refractivity contribution in [2.45, 2.75) is 56.3 Å². The van der Waals surface area contributed by atoms with E-state index in [1.165, 1.54) is 36.8 Å². The average Bonchev–Trinajstić information content (AvgIpc) is 2.75. The Kier molecular flexibility index (Phi) is 6.31. The van der Waals surface area contributed by atoms with Crippen LogP contribution in [0.5, 0.6) is 0 Å². The first-order chi connectivity index (χ1) is 13.8. The van der Waals surface area contributed by atoms with Crippen LogP contribution in [-0.4, -0.2) is 18.3 Å². The van der Waals surface area contributed by atoms with Crippen LogP contribution in [0, 0.1) is 0 Å². The van der Waals surface area contributed by atoms with Crippen molar-refractivity contribution >= 4 is 17.7 Å². The topological polar surface area (TPSA) is 12.9 Å². The molecule has 146 valence electrons. The SMILES string of the molecule is [2H]C(C)(C)c1cc(-c2cccc(-c3ccccc3)c2)nc[c]1[Ge]([CH2]C)([CH2]C)[CH2]C. The van der Waals surface area contributed by atoms with Crippen LogP contribution in [-0.2, 0) is 0 Å². The second-order valence-corrected chi connectivity index (χ2v) is 18.9. The molecule has 1 heterocycles. The average molecular weight is 433 g/mol. The van der Waals surface area contributed by atoms with E-state index in [0.717, 1.165) is 11.3 Å². The molecule has 0 aliphatic carbocycles. The van der Waals surface area contributed by atoms with E-state index in [-0.39, 0.29) is 0 Å². The summed E-state index contributed by atoms with van der Waals surface area (Å²) in [6.45, 7) is 11.1. The van der Waals surface area contributed by atoms with E-state index >= 15 is 0 Å². The molecule has 0 bridgehead atoms. The number of rotatable bonds is 7. The summed E-state index contributed by atoms with van der Waals surface area (Å²) >= 11 is -2.21. The van der Waals surface area contributed by atoms with Crippen LogP contribution >= 0.6 is 0 Å². The molecule has 0 aliphatic rings. The zero-order valence-corrected chi connectivity index (χ0v) is 20.0. The van der Waals surface area contributed by atoms with Crippen LogP contribution in [0.25, 0.3) is 22.4 Å². The van der Waals surface area contributed by atoms with Gasteiger partial charge in [0.1, 0.15) is 0 Å². The molecular formula is C26H33GeN. The van der Waals surface area contributed by atoms with Gasteiger partial charge in [0.05, 0.1) is 0 Å². The summed E-state index contributed by atoms with van der Waals surface area (Å²) in [5.41, 5.74) is 5.68. The van der Waals surface area contributed by atoms with Crippen LogP contribution < -0.4 is 4.40 Å². The summed E-state index contributed by atoms with van der Waals surface area (Å²) in [5.74, 6) is -0.625. The molecule has 0 unspecified atom stereocenters. The van der Waals surface area contributed by atoms with Gasteiger partial charge >= 0.3 is 175 Å². The van der Waals surface area contributed by atoms with Gasteiger partial charge in [-0.1, -0.05) is 0 Å². The summed E-state index contributed by atoms with van der Waals surface area (Å²) in [5, 5.41) is 3.75. The van der Waals surface area contributed by atoms with Gasteiger partial charge in [-0.05, 0) is 0 Å². The molecule has 0 aliphatic heterocycles. The summed E-state index contributed by atoms with van der Waals surface area (Å²) in [6.07, 6.45) is 2.13. The predicted octanol–water partition coefficient (Wildman–Crippen LogP) is 7.25. The number of hydrogen-bond acceptors (Lipinski definition) is 1. The summed E-state index contributed by atoms with van der Waals surface area (Å²) in [6, 6.07) is 21.3. The van der Waals surface area contributed by atoms with Crippen molar-refractivity contribution in [3.8, 4) is 22.4 Å². The third-order valence-corrected chi connectivity index (χ3v) is 18.1. The number of aromatic nitrogens is 1. The Balaban J connectivity index is 2.13. The number of pyridine rings is 1. The van der Waals surface area contributed by atoms with E-state index in [4.69, 9.17) is 6.35 Å². The van der Waals surface area contributed by atoms with Crippen LogP contribution in [0.1, 0.15) is 47.4 Å². The van der Waals surface area contributed by atoms with Gasteiger partial charge in [-0.15, -0.1) is 0 Å². The molecule has 2 heteroatoms. The maximum atomic E-state index is 8.86. The third-order valence-electron chi connectivity index (χ3n) is 6.31. The standard InChI is InChI=1S/C26H33GeN/c1-6-27(7-2,8-3)25-19-28-26(18-24(25)20(4)5)23-16-12-15-22(17-23)21-13-10-9-11-14-21/h9-20H,6-8H2,1-5H3/i20D. The molecule has 1 nitrogen and oxygen atoms in total. The minimum atomic E-state index is -2.21. The molecule has 2 aromatic carbocycles. The van der Waals surface area contributed by atoms with Gasteiger partial charge in [-0.2, -0.15) is 0 Å². The first-order valence-corrected chi connectivity index (χ1v) is 16.0. The van der Waals surface area contributed by atoms with E-state index < -0.39 is 19.2 Å². The maximum absolute atomic E-state index is 8.86. The molecule has 28 heavy (non-hydrogen) atoms. The van der Waals surface area contributed by atoms with Gasteiger partial charge in [0.2, 0.25) is 0 Å². The number of nitrogens with zero attached hydrogens (tertiary/aromatic N) is 1. The fourth-order valence-electron chi connectivity index (χ4n) is 4.26. The van der Waals surface area contributed by atoms with Gasteiger partial charge in [-0.25, -0.2) is 0 Å². The zero-order chi connectivity index (χ0) is 21.1. The second-order valence-electron chi connectivity index (χ2n) is 7.90. The fourth-order valence-corrected chi connectivity index (χ4v) is 12.4. The Labute approximate surface area is 175 Å². The fraction of sp³-hybridized carbons (Fsp3) is 0.346. The first-order valence-electron chi connectivity index (χ1n) is 11.0. The van der Waals surface area contributed by atoms with Crippen LogP contribution in [0.4, 0.5) is 0 Å². The van der Waals surface area contributed by atoms with Crippen molar-refractivity contribution in [2.24, 2.45) is 0 Å². The Morgan fingerprint density at radius 3 is 2.04 bits per heavy atom. The molecular weight excluding hydrogens is 399 g/mol. The van der Waals surface area contributed by atoms with Gasteiger partial charge in [0, 0.05) is 0 Å². The summed E-state index contributed by atoms with van der Waals surface area (Å²) in [4.78, 5) is 4.93. The minimum absolute atomic E-state index is 0.625.